The van der Waals surface area contributed by atoms with Crippen molar-refractivity contribution in [2.24, 2.45) is 0 Å². The van der Waals surface area contributed by atoms with Gasteiger partial charge in [0.1, 0.15) is 11.6 Å². The molecular weight excluding hydrogens is 429 g/mol. The van der Waals surface area contributed by atoms with Crippen LogP contribution in [0.1, 0.15) is 30.8 Å². The average Bonchev–Trinajstić information content (AvgIpc) is 3.45. The maximum absolute atomic E-state index is 13.4. The summed E-state index contributed by atoms with van der Waals surface area (Å²) < 4.78 is 21.3. The van der Waals surface area contributed by atoms with Crippen LogP contribution in [0.2, 0.25) is 0 Å². The molecular formula is C23H22FN5O2S. The van der Waals surface area contributed by atoms with Gasteiger partial charge < -0.3 is 9.72 Å². The van der Waals surface area contributed by atoms with E-state index in [1.54, 1.807) is 18.2 Å². The Labute approximate surface area is 188 Å². The number of hydrogen-bond donors (Lipinski definition) is 1. The molecule has 0 radical (unpaired) electrons. The van der Waals surface area contributed by atoms with Gasteiger partial charge in [0, 0.05) is 12.2 Å². The molecule has 0 aliphatic carbocycles. The smallest absolute Gasteiger partial charge is 0.258 e. The number of halogens is 1. The minimum absolute atomic E-state index is 0.0819. The molecule has 0 spiro atoms. The molecule has 2 atom stereocenters. The lowest BCUT2D eigenvalue weighted by Gasteiger charge is -2.16. The number of H-pyrrole nitrogens is 1. The van der Waals surface area contributed by atoms with Crippen molar-refractivity contribution >= 4 is 22.7 Å². The predicted molar refractivity (Wildman–Crippen MR) is 121 cm³/mol. The summed E-state index contributed by atoms with van der Waals surface area (Å²) in [7, 11) is 0. The Hall–Kier alpha value is -3.04. The van der Waals surface area contributed by atoms with Crippen LogP contribution in [0.5, 0.6) is 0 Å². The minimum atomic E-state index is -0.298. The van der Waals surface area contributed by atoms with Gasteiger partial charge in [-0.25, -0.2) is 9.37 Å². The number of nitrogens with one attached hydrogen (secondary N) is 1. The van der Waals surface area contributed by atoms with Gasteiger partial charge in [-0.1, -0.05) is 23.9 Å². The van der Waals surface area contributed by atoms with E-state index in [4.69, 9.17) is 4.74 Å². The summed E-state index contributed by atoms with van der Waals surface area (Å²) in [5.74, 6) is 0.942. The summed E-state index contributed by atoms with van der Waals surface area (Å²) in [6.07, 6.45) is 2.08. The number of benzene rings is 2. The first-order valence-electron chi connectivity index (χ1n) is 10.5. The van der Waals surface area contributed by atoms with Gasteiger partial charge in [-0.3, -0.25) is 9.36 Å². The van der Waals surface area contributed by atoms with E-state index in [1.807, 2.05) is 29.7 Å². The van der Waals surface area contributed by atoms with Crippen LogP contribution >= 0.6 is 11.8 Å². The number of rotatable bonds is 6. The van der Waals surface area contributed by atoms with Crippen LogP contribution in [0.4, 0.5) is 4.39 Å². The Kier molecular flexibility index (Phi) is 5.75. The second-order valence-corrected chi connectivity index (χ2v) is 9.10. The van der Waals surface area contributed by atoms with Gasteiger partial charge in [0.15, 0.2) is 11.0 Å². The topological polar surface area (TPSA) is 85.7 Å². The van der Waals surface area contributed by atoms with Crippen LogP contribution in [0.15, 0.2) is 58.5 Å². The molecule has 1 fully saturated rings. The molecule has 3 heterocycles. The minimum Gasteiger partial charge on any atom is -0.376 e. The van der Waals surface area contributed by atoms with E-state index in [0.29, 0.717) is 34.3 Å². The first-order chi connectivity index (χ1) is 15.6. The number of aromatic nitrogens is 5. The van der Waals surface area contributed by atoms with Crippen LogP contribution in [0, 0.1) is 5.82 Å². The number of nitrogens with zero attached hydrogens (tertiary/aromatic N) is 4. The van der Waals surface area contributed by atoms with E-state index < -0.39 is 0 Å². The lowest BCUT2D eigenvalue weighted by atomic mass is 10.2. The highest BCUT2D eigenvalue weighted by atomic mass is 32.2. The molecule has 32 heavy (non-hydrogen) atoms. The lowest BCUT2D eigenvalue weighted by molar-refractivity contribution is 0.0953. The van der Waals surface area contributed by atoms with E-state index in [-0.39, 0.29) is 22.7 Å². The Bertz CT molecular complexity index is 1300. The number of thioether (sulfide) groups is 1. The predicted octanol–water partition coefficient (Wildman–Crippen LogP) is 4.35. The molecule has 1 aliphatic rings. The molecule has 2 aromatic carbocycles. The summed E-state index contributed by atoms with van der Waals surface area (Å²) in [5.41, 5.74) is 1.28. The summed E-state index contributed by atoms with van der Waals surface area (Å²) in [5, 5.41) is 9.90. The summed E-state index contributed by atoms with van der Waals surface area (Å²) in [4.78, 5) is 20.0. The highest BCUT2D eigenvalue weighted by molar-refractivity contribution is 7.99. The van der Waals surface area contributed by atoms with Crippen molar-refractivity contribution in [3.05, 3.63) is 70.5 Å². The number of ether oxygens (including phenoxy) is 1. The van der Waals surface area contributed by atoms with Crippen molar-refractivity contribution in [1.29, 1.82) is 0 Å². The van der Waals surface area contributed by atoms with Crippen molar-refractivity contribution in [1.82, 2.24) is 24.7 Å². The fourth-order valence-corrected chi connectivity index (χ4v) is 4.77. The zero-order valence-electron chi connectivity index (χ0n) is 17.5. The fraction of sp³-hybridized carbons (Fsp3) is 0.304. The molecule has 0 bridgehead atoms. The fourth-order valence-electron chi connectivity index (χ4n) is 3.86. The maximum atomic E-state index is 13.4. The van der Waals surface area contributed by atoms with E-state index in [2.05, 4.69) is 20.2 Å². The highest BCUT2D eigenvalue weighted by Crippen LogP contribution is 2.34. The molecule has 7 nitrogen and oxygen atoms in total. The molecule has 1 aliphatic heterocycles. The highest BCUT2D eigenvalue weighted by Gasteiger charge is 2.24. The normalized spacial score (nSPS) is 17.1. The van der Waals surface area contributed by atoms with E-state index in [9.17, 15) is 9.18 Å². The van der Waals surface area contributed by atoms with Crippen LogP contribution in [-0.2, 0) is 11.3 Å². The quantitative estimate of drug-likeness (QED) is 0.439. The Morgan fingerprint density at radius 1 is 1.22 bits per heavy atom. The van der Waals surface area contributed by atoms with E-state index in [1.165, 1.54) is 23.9 Å². The summed E-state index contributed by atoms with van der Waals surface area (Å²) in [6, 6.07) is 13.5. The zero-order valence-corrected chi connectivity index (χ0v) is 18.3. The Balaban J connectivity index is 1.48. The summed E-state index contributed by atoms with van der Waals surface area (Å²) >= 11 is 1.47. The van der Waals surface area contributed by atoms with Crippen molar-refractivity contribution < 1.29 is 9.13 Å². The van der Waals surface area contributed by atoms with Gasteiger partial charge in [-0.05, 0) is 56.2 Å². The molecule has 0 unspecified atom stereocenters. The first-order valence-corrected chi connectivity index (χ1v) is 11.4. The van der Waals surface area contributed by atoms with E-state index >= 15 is 0 Å². The number of aromatic amines is 1. The molecule has 5 rings (SSSR count). The third kappa shape index (κ3) is 4.18. The van der Waals surface area contributed by atoms with Crippen LogP contribution in [0.25, 0.3) is 22.3 Å². The molecule has 1 N–H and O–H groups in total. The van der Waals surface area contributed by atoms with Crippen LogP contribution < -0.4 is 5.56 Å². The van der Waals surface area contributed by atoms with Gasteiger partial charge in [0.05, 0.1) is 28.8 Å². The average molecular weight is 452 g/mol. The van der Waals surface area contributed by atoms with Gasteiger partial charge in [0.2, 0.25) is 0 Å². The molecule has 2 aromatic heterocycles. The Morgan fingerprint density at radius 2 is 2.03 bits per heavy atom. The zero-order chi connectivity index (χ0) is 22.1. The molecule has 9 heteroatoms. The SMILES string of the molecule is C[C@@H](Sc1nnc(-c2ccc(F)cc2)n1C[C@@H]1CCCO1)c1nc2ccccc2c(=O)[nH]1. The summed E-state index contributed by atoms with van der Waals surface area (Å²) in [6.45, 7) is 3.33. The van der Waals surface area contributed by atoms with Gasteiger partial charge in [-0.2, -0.15) is 0 Å². The van der Waals surface area contributed by atoms with Crippen molar-refractivity contribution in [3.63, 3.8) is 0 Å². The van der Waals surface area contributed by atoms with Crippen molar-refractivity contribution in [3.8, 4) is 11.4 Å². The van der Waals surface area contributed by atoms with Gasteiger partial charge in [0.25, 0.3) is 5.56 Å². The van der Waals surface area contributed by atoms with Gasteiger partial charge in [-0.15, -0.1) is 10.2 Å². The van der Waals surface area contributed by atoms with E-state index in [0.717, 1.165) is 25.0 Å². The third-order valence-electron chi connectivity index (χ3n) is 5.53. The van der Waals surface area contributed by atoms with Crippen LogP contribution in [0.3, 0.4) is 0 Å². The molecule has 4 aromatic rings. The second kappa shape index (κ2) is 8.84. The lowest BCUT2D eigenvalue weighted by Crippen LogP contribution is -2.17. The molecule has 164 valence electrons. The number of fused-ring (bicyclic) bond motifs is 1. The maximum Gasteiger partial charge on any atom is 0.258 e. The monoisotopic (exact) mass is 451 g/mol. The molecule has 1 saturated heterocycles. The Morgan fingerprint density at radius 3 is 2.81 bits per heavy atom. The largest absolute Gasteiger partial charge is 0.376 e. The van der Waals surface area contributed by atoms with Crippen molar-refractivity contribution in [2.45, 2.75) is 42.8 Å². The number of hydrogen-bond acceptors (Lipinski definition) is 6. The molecule has 0 saturated carbocycles. The standard InChI is InChI=1S/C23H22FN5O2S/c1-14(20-25-19-7-3-2-6-18(19)22(30)26-20)32-23-28-27-21(15-8-10-16(24)11-9-15)29(23)13-17-5-4-12-31-17/h2-3,6-11,14,17H,4-5,12-13H2,1H3,(H,25,26,30)/t14-,17+/m1/s1. The number of para-hydroxylation sites is 1. The first kappa shape index (κ1) is 20.8. The second-order valence-electron chi connectivity index (χ2n) is 7.79. The van der Waals surface area contributed by atoms with Crippen molar-refractivity contribution in [2.75, 3.05) is 6.61 Å². The van der Waals surface area contributed by atoms with Gasteiger partial charge >= 0.3 is 0 Å². The third-order valence-corrected chi connectivity index (χ3v) is 6.62. The van der Waals surface area contributed by atoms with Crippen LogP contribution in [-0.4, -0.2) is 37.4 Å². The molecule has 0 amide bonds.